The summed E-state index contributed by atoms with van der Waals surface area (Å²) in [6.07, 6.45) is 6.02. The first-order chi connectivity index (χ1) is 25.7. The molecule has 54 heavy (non-hydrogen) atoms. The minimum atomic E-state index is -1.82. The Labute approximate surface area is 314 Å². The summed E-state index contributed by atoms with van der Waals surface area (Å²) in [6, 6.07) is 16.4. The molecule has 0 saturated carbocycles. The third kappa shape index (κ3) is 5.36. The van der Waals surface area contributed by atoms with Crippen LogP contribution in [-0.4, -0.2) is 32.5 Å². The lowest BCUT2D eigenvalue weighted by molar-refractivity contribution is -0.268. The highest BCUT2D eigenvalue weighted by molar-refractivity contribution is 6.03. The summed E-state index contributed by atoms with van der Waals surface area (Å²) in [6.45, 7) is 11.9. The topological polar surface area (TPSA) is 135 Å². The molecule has 0 aliphatic carbocycles. The average Bonchev–Trinajstić information content (AvgIpc) is 3.60. The van der Waals surface area contributed by atoms with Crippen molar-refractivity contribution >= 4 is 5.78 Å². The second-order valence-electron chi connectivity index (χ2n) is 15.5. The standard InChI is InChI=1S/C45H44O9/c1-23(2)7-10-26-19-28(12-17-34(26)47)45-40(41(50)32-20-27(11-8-24(3)4)36(49)22-38(32)53-45)39-31-15-13-29(46)21-37(31)51-43-44(39,54-45)33-16-18-35(48)30(42(33)52-43)14-9-25(5)6/h7-9,12-13,15-22,39-40,43,46-49H,10-11,14H2,1-6H3/t39-,40-,43?,44+,45-/m1/s1. The minimum Gasteiger partial charge on any atom is -0.508 e. The maximum atomic E-state index is 15.5. The second-order valence-corrected chi connectivity index (χ2v) is 15.5. The summed E-state index contributed by atoms with van der Waals surface area (Å²) >= 11 is 0. The molecule has 4 N–H and O–H groups in total. The van der Waals surface area contributed by atoms with Crippen LogP contribution in [0.1, 0.15) is 91.2 Å². The van der Waals surface area contributed by atoms with E-state index in [0.29, 0.717) is 69.7 Å². The van der Waals surface area contributed by atoms with Crippen LogP contribution in [0.2, 0.25) is 0 Å². The third-order valence-electron chi connectivity index (χ3n) is 11.0. The number of allylic oxidation sites excluding steroid dienone is 6. The van der Waals surface area contributed by atoms with Crippen molar-refractivity contribution in [3.8, 4) is 40.2 Å². The van der Waals surface area contributed by atoms with E-state index in [4.69, 9.17) is 18.9 Å². The summed E-state index contributed by atoms with van der Waals surface area (Å²) < 4.78 is 27.7. The Morgan fingerprint density at radius 3 is 2.06 bits per heavy atom. The number of hydrogen-bond donors (Lipinski definition) is 4. The van der Waals surface area contributed by atoms with Crippen LogP contribution in [0, 0.1) is 5.92 Å². The van der Waals surface area contributed by atoms with Gasteiger partial charge in [-0.15, -0.1) is 0 Å². The Hall–Kier alpha value is -5.67. The van der Waals surface area contributed by atoms with Crippen LogP contribution in [0.5, 0.6) is 40.2 Å². The molecule has 278 valence electrons. The monoisotopic (exact) mass is 728 g/mol. The maximum absolute atomic E-state index is 15.5. The van der Waals surface area contributed by atoms with Gasteiger partial charge in [-0.2, -0.15) is 0 Å². The van der Waals surface area contributed by atoms with E-state index in [1.807, 2.05) is 59.8 Å². The van der Waals surface area contributed by atoms with Crippen molar-refractivity contribution in [2.24, 2.45) is 5.92 Å². The first-order valence-electron chi connectivity index (χ1n) is 18.3. The largest absolute Gasteiger partial charge is 0.508 e. The van der Waals surface area contributed by atoms with Crippen LogP contribution in [0.4, 0.5) is 0 Å². The molecule has 1 saturated heterocycles. The first-order valence-corrected chi connectivity index (χ1v) is 18.3. The van der Waals surface area contributed by atoms with Gasteiger partial charge in [0.25, 0.3) is 6.29 Å². The Bertz CT molecular complexity index is 2320. The normalized spacial score (nSPS) is 23.9. The van der Waals surface area contributed by atoms with Gasteiger partial charge >= 0.3 is 0 Å². The van der Waals surface area contributed by atoms with Gasteiger partial charge in [0, 0.05) is 40.3 Å². The van der Waals surface area contributed by atoms with E-state index in [1.54, 1.807) is 48.5 Å². The van der Waals surface area contributed by atoms with Gasteiger partial charge in [-0.25, -0.2) is 0 Å². The summed E-state index contributed by atoms with van der Waals surface area (Å²) in [4.78, 5) is 15.5. The summed E-state index contributed by atoms with van der Waals surface area (Å²) in [5.41, 5.74) is 5.38. The van der Waals surface area contributed by atoms with Crippen molar-refractivity contribution in [1.82, 2.24) is 0 Å². The molecule has 4 aliphatic rings. The Kier molecular flexibility index (Phi) is 8.34. The quantitative estimate of drug-likeness (QED) is 0.138. The van der Waals surface area contributed by atoms with E-state index < -0.39 is 29.5 Å². The van der Waals surface area contributed by atoms with Crippen molar-refractivity contribution in [1.29, 1.82) is 0 Å². The van der Waals surface area contributed by atoms with Crippen molar-refractivity contribution < 1.29 is 44.2 Å². The second kappa shape index (κ2) is 12.7. The Balaban J connectivity index is 1.42. The lowest BCUT2D eigenvalue weighted by Crippen LogP contribution is -2.49. The molecule has 4 aromatic carbocycles. The van der Waals surface area contributed by atoms with Crippen LogP contribution in [-0.2, 0) is 35.4 Å². The summed E-state index contributed by atoms with van der Waals surface area (Å²) in [5.74, 6) is -2.99. The number of phenolic OH excluding ortho intramolecular Hbond substituents is 4. The average molecular weight is 729 g/mol. The molecule has 8 rings (SSSR count). The molecule has 0 amide bonds. The Morgan fingerprint density at radius 1 is 0.685 bits per heavy atom. The SMILES string of the molecule is CC(C)=CCc1cc([C@]23Oc4cc(O)c(CC=C(C)C)cc4C(=O)[C@H]2[C@H]2c4ccc(O)cc4OC4Oc5c(ccc(O)c5CC=C(C)C)[C@@]42O3)ccc1O. The number of ether oxygens (including phenoxy) is 4. The molecule has 9 heteroatoms. The van der Waals surface area contributed by atoms with Gasteiger partial charge in [0.1, 0.15) is 46.2 Å². The van der Waals surface area contributed by atoms with Crippen molar-refractivity contribution in [3.63, 3.8) is 0 Å². The molecule has 0 aromatic heterocycles. The summed E-state index contributed by atoms with van der Waals surface area (Å²) in [5, 5.41) is 44.1. The highest BCUT2D eigenvalue weighted by atomic mass is 16.8. The number of rotatable bonds is 7. The van der Waals surface area contributed by atoms with Gasteiger partial charge in [0.05, 0.1) is 5.56 Å². The number of fused-ring (bicyclic) bond motifs is 6. The number of Topliss-reactive ketones (excluding diaryl/α,β-unsaturated/α-hetero) is 1. The van der Waals surface area contributed by atoms with Crippen molar-refractivity contribution in [2.45, 2.75) is 84.4 Å². The number of benzene rings is 4. The first kappa shape index (κ1) is 35.4. The van der Waals surface area contributed by atoms with E-state index in [9.17, 15) is 20.4 Å². The predicted octanol–water partition coefficient (Wildman–Crippen LogP) is 8.90. The molecule has 5 atom stereocenters. The highest BCUT2D eigenvalue weighted by Crippen LogP contribution is 2.71. The highest BCUT2D eigenvalue weighted by Gasteiger charge is 2.77. The van der Waals surface area contributed by atoms with Gasteiger partial charge in [0.2, 0.25) is 5.79 Å². The number of carbonyl (C=O) groups is 1. The third-order valence-corrected chi connectivity index (χ3v) is 11.0. The van der Waals surface area contributed by atoms with E-state index >= 15 is 4.79 Å². The smallest absolute Gasteiger partial charge is 0.275 e. The zero-order valence-corrected chi connectivity index (χ0v) is 31.2. The number of ketones is 1. The van der Waals surface area contributed by atoms with E-state index in [1.165, 1.54) is 12.1 Å². The molecule has 1 unspecified atom stereocenters. The fourth-order valence-corrected chi connectivity index (χ4v) is 8.35. The molecule has 0 bridgehead atoms. The van der Waals surface area contributed by atoms with E-state index in [2.05, 4.69) is 0 Å². The van der Waals surface area contributed by atoms with Gasteiger partial charge in [-0.3, -0.25) is 4.79 Å². The van der Waals surface area contributed by atoms with Crippen molar-refractivity contribution in [3.05, 3.63) is 135 Å². The lowest BCUT2D eigenvalue weighted by atomic mass is 9.66. The molecule has 1 fully saturated rings. The fraction of sp³-hybridized carbons (Fsp3) is 0.311. The number of phenols is 4. The minimum absolute atomic E-state index is 0.0212. The molecular weight excluding hydrogens is 684 g/mol. The number of carbonyl (C=O) groups excluding carboxylic acids is 1. The van der Waals surface area contributed by atoms with E-state index in [0.717, 1.165) is 16.7 Å². The lowest BCUT2D eigenvalue weighted by Gasteiger charge is -2.40. The van der Waals surface area contributed by atoms with Crippen LogP contribution < -0.4 is 14.2 Å². The maximum Gasteiger partial charge on any atom is 0.275 e. The van der Waals surface area contributed by atoms with Crippen LogP contribution in [0.3, 0.4) is 0 Å². The van der Waals surface area contributed by atoms with Crippen molar-refractivity contribution in [2.75, 3.05) is 0 Å². The molecule has 9 nitrogen and oxygen atoms in total. The fourth-order valence-electron chi connectivity index (χ4n) is 8.35. The number of hydrogen-bond acceptors (Lipinski definition) is 9. The zero-order chi connectivity index (χ0) is 38.3. The number of aromatic hydroxyl groups is 4. The Morgan fingerprint density at radius 2 is 1.35 bits per heavy atom. The van der Waals surface area contributed by atoms with E-state index in [-0.39, 0.29) is 34.5 Å². The predicted molar refractivity (Wildman–Crippen MR) is 203 cm³/mol. The molecule has 1 spiro atoms. The molecule has 0 radical (unpaired) electrons. The van der Waals surface area contributed by atoms with Crippen LogP contribution in [0.25, 0.3) is 0 Å². The van der Waals surface area contributed by atoms with Crippen LogP contribution in [0.15, 0.2) is 95.6 Å². The van der Waals surface area contributed by atoms with Crippen LogP contribution >= 0.6 is 0 Å². The molecule has 4 aliphatic heterocycles. The molecular formula is C45H44O9. The van der Waals surface area contributed by atoms with Gasteiger partial charge < -0.3 is 39.4 Å². The van der Waals surface area contributed by atoms with Gasteiger partial charge in [-0.05, 0) is 114 Å². The zero-order valence-electron chi connectivity index (χ0n) is 31.2. The van der Waals surface area contributed by atoms with Gasteiger partial charge in [0.15, 0.2) is 11.4 Å². The summed E-state index contributed by atoms with van der Waals surface area (Å²) in [7, 11) is 0. The molecule has 4 heterocycles. The van der Waals surface area contributed by atoms with Gasteiger partial charge in [-0.1, -0.05) is 41.0 Å². The molecule has 4 aromatic rings.